The third kappa shape index (κ3) is 2.71. The molecule has 0 radical (unpaired) electrons. The van der Waals surface area contributed by atoms with E-state index in [-0.39, 0.29) is 11.6 Å². The molecule has 0 fully saturated rings. The SMILES string of the molecule is COc1cccc(CNc2ccc(F)cc2)c1O. The van der Waals surface area contributed by atoms with E-state index in [0.717, 1.165) is 11.3 Å². The Morgan fingerprint density at radius 1 is 1.17 bits per heavy atom. The van der Waals surface area contributed by atoms with Crippen LogP contribution in [0.2, 0.25) is 0 Å². The van der Waals surface area contributed by atoms with Crippen LogP contribution in [0.3, 0.4) is 0 Å². The number of methoxy groups -OCH3 is 1. The number of phenols is 1. The second kappa shape index (κ2) is 5.40. The summed E-state index contributed by atoms with van der Waals surface area (Å²) >= 11 is 0. The minimum Gasteiger partial charge on any atom is -0.504 e. The minimum atomic E-state index is -0.273. The predicted octanol–water partition coefficient (Wildman–Crippen LogP) is 3.15. The normalized spacial score (nSPS) is 10.1. The van der Waals surface area contributed by atoms with Crippen molar-refractivity contribution >= 4 is 5.69 Å². The Kier molecular flexibility index (Phi) is 3.67. The standard InChI is InChI=1S/C14H14FNO2/c1-18-13-4-2-3-10(14(13)17)9-16-12-7-5-11(15)6-8-12/h2-8,16-17H,9H2,1H3. The molecule has 2 N–H and O–H groups in total. The van der Waals surface area contributed by atoms with Gasteiger partial charge in [0.15, 0.2) is 11.5 Å². The van der Waals surface area contributed by atoms with Crippen LogP contribution in [0, 0.1) is 5.82 Å². The van der Waals surface area contributed by atoms with Gasteiger partial charge in [-0.1, -0.05) is 12.1 Å². The van der Waals surface area contributed by atoms with E-state index < -0.39 is 0 Å². The van der Waals surface area contributed by atoms with Crippen LogP contribution in [-0.2, 0) is 6.54 Å². The van der Waals surface area contributed by atoms with Crippen molar-refractivity contribution in [2.75, 3.05) is 12.4 Å². The summed E-state index contributed by atoms with van der Waals surface area (Å²) in [6.45, 7) is 0.439. The Hall–Kier alpha value is -2.23. The largest absolute Gasteiger partial charge is 0.504 e. The predicted molar refractivity (Wildman–Crippen MR) is 68.4 cm³/mol. The van der Waals surface area contributed by atoms with Gasteiger partial charge < -0.3 is 15.2 Å². The number of anilines is 1. The summed E-state index contributed by atoms with van der Waals surface area (Å²) in [5, 5.41) is 13.0. The molecule has 0 aliphatic heterocycles. The lowest BCUT2D eigenvalue weighted by Crippen LogP contribution is -2.00. The maximum Gasteiger partial charge on any atom is 0.162 e. The number of aromatic hydroxyl groups is 1. The van der Waals surface area contributed by atoms with Gasteiger partial charge in [-0.2, -0.15) is 0 Å². The van der Waals surface area contributed by atoms with Crippen molar-refractivity contribution in [3.05, 3.63) is 53.8 Å². The molecular formula is C14H14FNO2. The van der Waals surface area contributed by atoms with Crippen LogP contribution in [-0.4, -0.2) is 12.2 Å². The fourth-order valence-electron chi connectivity index (χ4n) is 1.64. The van der Waals surface area contributed by atoms with Crippen molar-refractivity contribution in [3.63, 3.8) is 0 Å². The lowest BCUT2D eigenvalue weighted by atomic mass is 10.2. The first kappa shape index (κ1) is 12.2. The van der Waals surface area contributed by atoms with E-state index in [1.54, 1.807) is 30.3 Å². The highest BCUT2D eigenvalue weighted by atomic mass is 19.1. The molecule has 0 atom stereocenters. The summed E-state index contributed by atoms with van der Waals surface area (Å²) in [6.07, 6.45) is 0. The van der Waals surface area contributed by atoms with Gasteiger partial charge in [-0.3, -0.25) is 0 Å². The molecule has 2 rings (SSSR count). The summed E-state index contributed by atoms with van der Waals surface area (Å²) in [6, 6.07) is 11.4. The highest BCUT2D eigenvalue weighted by Gasteiger charge is 2.06. The average molecular weight is 247 g/mol. The van der Waals surface area contributed by atoms with Gasteiger partial charge >= 0.3 is 0 Å². The molecule has 2 aromatic rings. The number of para-hydroxylation sites is 1. The van der Waals surface area contributed by atoms with Gasteiger partial charge in [0.25, 0.3) is 0 Å². The lowest BCUT2D eigenvalue weighted by Gasteiger charge is -2.10. The second-order valence-electron chi connectivity index (χ2n) is 3.83. The molecule has 0 aliphatic carbocycles. The minimum absolute atomic E-state index is 0.120. The molecule has 0 amide bonds. The summed E-state index contributed by atoms with van der Waals surface area (Å²) < 4.78 is 17.8. The van der Waals surface area contributed by atoms with Gasteiger partial charge in [0.2, 0.25) is 0 Å². The fourth-order valence-corrected chi connectivity index (χ4v) is 1.64. The number of hydrogen-bond donors (Lipinski definition) is 2. The molecular weight excluding hydrogens is 233 g/mol. The first-order valence-electron chi connectivity index (χ1n) is 5.55. The lowest BCUT2D eigenvalue weighted by molar-refractivity contribution is 0.371. The molecule has 0 bridgehead atoms. The van der Waals surface area contributed by atoms with Gasteiger partial charge in [-0.05, 0) is 30.3 Å². The Morgan fingerprint density at radius 3 is 2.56 bits per heavy atom. The molecule has 0 heterocycles. The van der Waals surface area contributed by atoms with Crippen LogP contribution < -0.4 is 10.1 Å². The van der Waals surface area contributed by atoms with Crippen LogP contribution in [0.1, 0.15) is 5.56 Å². The van der Waals surface area contributed by atoms with E-state index in [9.17, 15) is 9.50 Å². The number of ether oxygens (including phenoxy) is 1. The van der Waals surface area contributed by atoms with Crippen LogP contribution in [0.4, 0.5) is 10.1 Å². The van der Waals surface area contributed by atoms with Gasteiger partial charge in [-0.25, -0.2) is 4.39 Å². The Labute approximate surface area is 105 Å². The summed E-state index contributed by atoms with van der Waals surface area (Å²) in [5.41, 5.74) is 1.51. The third-order valence-electron chi connectivity index (χ3n) is 2.63. The number of benzene rings is 2. The van der Waals surface area contributed by atoms with Crippen molar-refractivity contribution < 1.29 is 14.2 Å². The van der Waals surface area contributed by atoms with Crippen LogP contribution >= 0.6 is 0 Å². The van der Waals surface area contributed by atoms with Gasteiger partial charge in [0, 0.05) is 17.8 Å². The van der Waals surface area contributed by atoms with E-state index in [0.29, 0.717) is 12.3 Å². The maximum absolute atomic E-state index is 12.7. The zero-order valence-electron chi connectivity index (χ0n) is 9.98. The Bertz CT molecular complexity index is 526. The van der Waals surface area contributed by atoms with Crippen molar-refractivity contribution in [2.24, 2.45) is 0 Å². The number of nitrogens with one attached hydrogen (secondary N) is 1. The molecule has 4 heteroatoms. The zero-order valence-corrected chi connectivity index (χ0v) is 9.98. The number of halogens is 1. The third-order valence-corrected chi connectivity index (χ3v) is 2.63. The van der Waals surface area contributed by atoms with Crippen molar-refractivity contribution in [3.8, 4) is 11.5 Å². The molecule has 0 saturated heterocycles. The van der Waals surface area contributed by atoms with E-state index in [1.165, 1.54) is 19.2 Å². The second-order valence-corrected chi connectivity index (χ2v) is 3.83. The summed E-state index contributed by atoms with van der Waals surface area (Å²) in [5.74, 6) is 0.285. The topological polar surface area (TPSA) is 41.5 Å². The van der Waals surface area contributed by atoms with Crippen LogP contribution in [0.5, 0.6) is 11.5 Å². The summed E-state index contributed by atoms with van der Waals surface area (Å²) in [4.78, 5) is 0. The molecule has 0 saturated carbocycles. The Morgan fingerprint density at radius 2 is 1.89 bits per heavy atom. The van der Waals surface area contributed by atoms with E-state index >= 15 is 0 Å². The van der Waals surface area contributed by atoms with Gasteiger partial charge in [0.1, 0.15) is 5.82 Å². The van der Waals surface area contributed by atoms with E-state index in [4.69, 9.17) is 4.74 Å². The molecule has 0 aromatic heterocycles. The quantitative estimate of drug-likeness (QED) is 0.872. The number of rotatable bonds is 4. The molecule has 0 spiro atoms. The highest BCUT2D eigenvalue weighted by Crippen LogP contribution is 2.29. The molecule has 94 valence electrons. The maximum atomic E-state index is 12.7. The average Bonchev–Trinajstić information content (AvgIpc) is 2.39. The van der Waals surface area contributed by atoms with Crippen molar-refractivity contribution in [2.45, 2.75) is 6.54 Å². The summed E-state index contributed by atoms with van der Waals surface area (Å²) in [7, 11) is 1.51. The van der Waals surface area contributed by atoms with Gasteiger partial charge in [0.05, 0.1) is 7.11 Å². The first-order chi connectivity index (χ1) is 8.70. The molecule has 2 aromatic carbocycles. The number of hydrogen-bond acceptors (Lipinski definition) is 3. The monoisotopic (exact) mass is 247 g/mol. The smallest absolute Gasteiger partial charge is 0.162 e. The molecule has 18 heavy (non-hydrogen) atoms. The zero-order chi connectivity index (χ0) is 13.0. The van der Waals surface area contributed by atoms with Crippen LogP contribution in [0.25, 0.3) is 0 Å². The molecule has 0 aliphatic rings. The van der Waals surface area contributed by atoms with Crippen molar-refractivity contribution in [1.82, 2.24) is 0 Å². The fraction of sp³-hybridized carbons (Fsp3) is 0.143. The van der Waals surface area contributed by atoms with E-state index in [1.807, 2.05) is 0 Å². The van der Waals surface area contributed by atoms with Crippen molar-refractivity contribution in [1.29, 1.82) is 0 Å². The molecule has 0 unspecified atom stereocenters. The van der Waals surface area contributed by atoms with E-state index in [2.05, 4.69) is 5.32 Å². The first-order valence-corrected chi connectivity index (χ1v) is 5.55. The highest BCUT2D eigenvalue weighted by molar-refractivity contribution is 5.49. The van der Waals surface area contributed by atoms with Crippen LogP contribution in [0.15, 0.2) is 42.5 Å². The number of phenolic OH excluding ortho intramolecular Hbond substituents is 1. The van der Waals surface area contributed by atoms with Gasteiger partial charge in [-0.15, -0.1) is 0 Å². The molecule has 3 nitrogen and oxygen atoms in total. The Balaban J connectivity index is 2.08.